The lowest BCUT2D eigenvalue weighted by Crippen LogP contribution is -2.49. The van der Waals surface area contributed by atoms with E-state index in [1.807, 2.05) is 36.1 Å². The predicted molar refractivity (Wildman–Crippen MR) is 98.2 cm³/mol. The van der Waals surface area contributed by atoms with E-state index in [2.05, 4.69) is 10.3 Å². The highest BCUT2D eigenvalue weighted by atomic mass is 16.2. The number of nitrogens with zero attached hydrogens (tertiary/aromatic N) is 1. The van der Waals surface area contributed by atoms with Gasteiger partial charge in [0.25, 0.3) is 5.91 Å². The molecule has 0 radical (unpaired) electrons. The molecule has 3 rings (SSSR count). The molecule has 6 nitrogen and oxygen atoms in total. The van der Waals surface area contributed by atoms with Gasteiger partial charge >= 0.3 is 0 Å². The minimum absolute atomic E-state index is 0.00827. The van der Waals surface area contributed by atoms with Crippen molar-refractivity contribution in [1.29, 1.82) is 0 Å². The van der Waals surface area contributed by atoms with Crippen LogP contribution in [0, 0.1) is 5.92 Å². The number of H-pyrrole nitrogens is 1. The fourth-order valence-corrected chi connectivity index (χ4v) is 3.57. The molecule has 1 unspecified atom stereocenters. The number of likely N-dealkylation sites (tertiary alicyclic amines) is 1. The van der Waals surface area contributed by atoms with Crippen LogP contribution in [0.15, 0.2) is 30.5 Å². The Bertz CT molecular complexity index is 760. The Morgan fingerprint density at radius 1 is 1.24 bits per heavy atom. The first-order chi connectivity index (χ1) is 12.0. The largest absolute Gasteiger partial charge is 0.360 e. The van der Waals surface area contributed by atoms with Gasteiger partial charge in [-0.25, -0.2) is 0 Å². The summed E-state index contributed by atoms with van der Waals surface area (Å²) in [6.45, 7) is 5.18. The van der Waals surface area contributed by atoms with E-state index in [0.29, 0.717) is 24.6 Å². The highest BCUT2D eigenvalue weighted by Gasteiger charge is 2.28. The summed E-state index contributed by atoms with van der Waals surface area (Å²) in [5.41, 5.74) is 7.31. The van der Waals surface area contributed by atoms with Gasteiger partial charge in [0.2, 0.25) is 5.91 Å². The summed E-state index contributed by atoms with van der Waals surface area (Å²) in [4.78, 5) is 29.5. The molecule has 2 amide bonds. The molecule has 1 aliphatic rings. The summed E-state index contributed by atoms with van der Waals surface area (Å²) in [5.74, 6) is 0.319. The molecule has 1 aliphatic heterocycles. The number of piperidine rings is 1. The van der Waals surface area contributed by atoms with Crippen LogP contribution in [0.3, 0.4) is 0 Å². The molecule has 1 saturated heterocycles. The predicted octanol–water partition coefficient (Wildman–Crippen LogP) is 1.87. The Kier molecular flexibility index (Phi) is 5.08. The molecule has 0 aliphatic carbocycles. The normalized spacial score (nSPS) is 18.1. The van der Waals surface area contributed by atoms with Crippen LogP contribution in [0.5, 0.6) is 0 Å². The number of amides is 2. The minimum atomic E-state index is -0.449. The molecule has 0 spiro atoms. The lowest BCUT2D eigenvalue weighted by molar-refractivity contribution is -0.133. The third kappa shape index (κ3) is 3.69. The number of aromatic amines is 1. The molecule has 134 valence electrons. The van der Waals surface area contributed by atoms with Gasteiger partial charge < -0.3 is 20.9 Å². The maximum absolute atomic E-state index is 12.6. The lowest BCUT2D eigenvalue weighted by atomic mass is 9.90. The van der Waals surface area contributed by atoms with Crippen LogP contribution in [-0.4, -0.2) is 46.9 Å². The van der Waals surface area contributed by atoms with Gasteiger partial charge in [-0.05, 0) is 38.7 Å². The van der Waals surface area contributed by atoms with Gasteiger partial charge in [0.05, 0.1) is 11.6 Å². The van der Waals surface area contributed by atoms with E-state index in [1.54, 1.807) is 13.1 Å². The standard InChI is InChI=1S/C19H26N4O2/c1-12(20)19(25)23-9-7-14(8-10-23)13(2)22-18(24)16-11-21-17-6-4-3-5-15(16)17/h3-6,11-14,21H,7-10,20H2,1-2H3,(H,22,24)/t12-,13?/m0/s1. The summed E-state index contributed by atoms with van der Waals surface area (Å²) in [7, 11) is 0. The number of fused-ring (bicyclic) bond motifs is 1. The van der Waals surface area contributed by atoms with E-state index in [4.69, 9.17) is 5.73 Å². The van der Waals surface area contributed by atoms with E-state index in [1.165, 1.54) is 0 Å². The smallest absolute Gasteiger partial charge is 0.253 e. The molecule has 1 aromatic carbocycles. The number of hydrogen-bond donors (Lipinski definition) is 3. The van der Waals surface area contributed by atoms with Crippen molar-refractivity contribution in [3.63, 3.8) is 0 Å². The van der Waals surface area contributed by atoms with Crippen LogP contribution in [0.1, 0.15) is 37.0 Å². The molecular weight excluding hydrogens is 316 g/mol. The van der Waals surface area contributed by atoms with Gasteiger partial charge in [-0.2, -0.15) is 0 Å². The second-order valence-electron chi connectivity index (χ2n) is 6.96. The molecule has 2 aromatic rings. The molecule has 4 N–H and O–H groups in total. The molecule has 2 heterocycles. The fraction of sp³-hybridized carbons (Fsp3) is 0.474. The third-order valence-corrected chi connectivity index (χ3v) is 5.14. The third-order valence-electron chi connectivity index (χ3n) is 5.14. The van der Waals surface area contributed by atoms with Crippen LogP contribution in [0.25, 0.3) is 10.9 Å². The van der Waals surface area contributed by atoms with Crippen LogP contribution in [-0.2, 0) is 4.79 Å². The molecule has 0 bridgehead atoms. The molecule has 2 atom stereocenters. The molecule has 1 fully saturated rings. The SMILES string of the molecule is CC(NC(=O)c1c[nH]c2ccccc12)C1CCN(C(=O)[C@H](C)N)CC1. The topological polar surface area (TPSA) is 91.2 Å². The van der Waals surface area contributed by atoms with Gasteiger partial charge in [0.15, 0.2) is 0 Å². The number of rotatable bonds is 4. The first-order valence-electron chi connectivity index (χ1n) is 8.88. The first-order valence-corrected chi connectivity index (χ1v) is 8.88. The first kappa shape index (κ1) is 17.5. The molecular formula is C19H26N4O2. The van der Waals surface area contributed by atoms with E-state index in [0.717, 1.165) is 23.7 Å². The summed E-state index contributed by atoms with van der Waals surface area (Å²) in [6.07, 6.45) is 3.53. The summed E-state index contributed by atoms with van der Waals surface area (Å²) in [5, 5.41) is 4.06. The molecule has 0 saturated carbocycles. The van der Waals surface area contributed by atoms with Crippen molar-refractivity contribution in [3.8, 4) is 0 Å². The van der Waals surface area contributed by atoms with Crippen molar-refractivity contribution in [2.75, 3.05) is 13.1 Å². The van der Waals surface area contributed by atoms with E-state index in [9.17, 15) is 9.59 Å². The van der Waals surface area contributed by atoms with E-state index >= 15 is 0 Å². The quantitative estimate of drug-likeness (QED) is 0.792. The number of benzene rings is 1. The Labute approximate surface area is 147 Å². The zero-order valence-electron chi connectivity index (χ0n) is 14.8. The average Bonchev–Trinajstić information content (AvgIpc) is 3.05. The zero-order chi connectivity index (χ0) is 18.0. The second kappa shape index (κ2) is 7.27. The lowest BCUT2D eigenvalue weighted by Gasteiger charge is -2.35. The Morgan fingerprint density at radius 2 is 1.92 bits per heavy atom. The molecule has 25 heavy (non-hydrogen) atoms. The highest BCUT2D eigenvalue weighted by molar-refractivity contribution is 6.06. The molecule has 1 aromatic heterocycles. The fourth-order valence-electron chi connectivity index (χ4n) is 3.57. The Balaban J connectivity index is 1.59. The highest BCUT2D eigenvalue weighted by Crippen LogP contribution is 2.22. The Hall–Kier alpha value is -2.34. The maximum atomic E-state index is 12.6. The number of hydrogen-bond acceptors (Lipinski definition) is 3. The summed E-state index contributed by atoms with van der Waals surface area (Å²) in [6, 6.07) is 7.40. The molecule has 6 heteroatoms. The monoisotopic (exact) mass is 342 g/mol. The second-order valence-corrected chi connectivity index (χ2v) is 6.96. The van der Waals surface area contributed by atoms with Crippen LogP contribution in [0.4, 0.5) is 0 Å². The number of nitrogens with two attached hydrogens (primary N) is 1. The summed E-state index contributed by atoms with van der Waals surface area (Å²) >= 11 is 0. The van der Waals surface area contributed by atoms with Crippen molar-refractivity contribution < 1.29 is 9.59 Å². The van der Waals surface area contributed by atoms with Crippen LogP contribution >= 0.6 is 0 Å². The van der Waals surface area contributed by atoms with Gasteiger partial charge in [0.1, 0.15) is 0 Å². The van der Waals surface area contributed by atoms with Crippen molar-refractivity contribution in [2.24, 2.45) is 11.7 Å². The minimum Gasteiger partial charge on any atom is -0.360 e. The van der Waals surface area contributed by atoms with Crippen molar-refractivity contribution >= 4 is 22.7 Å². The number of nitrogens with one attached hydrogen (secondary N) is 2. The van der Waals surface area contributed by atoms with Gasteiger partial charge in [-0.1, -0.05) is 18.2 Å². The average molecular weight is 342 g/mol. The number of carbonyl (C=O) groups excluding carboxylic acids is 2. The zero-order valence-corrected chi connectivity index (χ0v) is 14.8. The van der Waals surface area contributed by atoms with Gasteiger partial charge in [0, 0.05) is 36.2 Å². The van der Waals surface area contributed by atoms with Gasteiger partial charge in [-0.15, -0.1) is 0 Å². The Morgan fingerprint density at radius 3 is 2.60 bits per heavy atom. The van der Waals surface area contributed by atoms with Crippen LogP contribution < -0.4 is 11.1 Å². The van der Waals surface area contributed by atoms with Crippen molar-refractivity contribution in [2.45, 2.75) is 38.8 Å². The van der Waals surface area contributed by atoms with Crippen LogP contribution in [0.2, 0.25) is 0 Å². The maximum Gasteiger partial charge on any atom is 0.253 e. The number of para-hydroxylation sites is 1. The number of aromatic nitrogens is 1. The summed E-state index contributed by atoms with van der Waals surface area (Å²) < 4.78 is 0. The van der Waals surface area contributed by atoms with E-state index < -0.39 is 6.04 Å². The van der Waals surface area contributed by atoms with Crippen molar-refractivity contribution in [3.05, 3.63) is 36.0 Å². The van der Waals surface area contributed by atoms with Crippen molar-refractivity contribution in [1.82, 2.24) is 15.2 Å². The van der Waals surface area contributed by atoms with E-state index in [-0.39, 0.29) is 17.9 Å². The van der Waals surface area contributed by atoms with Gasteiger partial charge in [-0.3, -0.25) is 9.59 Å². The number of carbonyl (C=O) groups is 2.